The SMILES string of the molecule is Cc1ccccc1-c1c(F)cc(C(N)=O)c(F)c1C1CC1. The molecule has 0 aromatic heterocycles. The van der Waals surface area contributed by atoms with Crippen LogP contribution in [0.1, 0.15) is 40.2 Å². The summed E-state index contributed by atoms with van der Waals surface area (Å²) in [6.07, 6.45) is 1.61. The van der Waals surface area contributed by atoms with Gasteiger partial charge in [-0.1, -0.05) is 24.3 Å². The Bertz CT molecular complexity index is 736. The van der Waals surface area contributed by atoms with Gasteiger partial charge in [0.15, 0.2) is 0 Å². The highest BCUT2D eigenvalue weighted by molar-refractivity contribution is 5.94. The third-order valence-electron chi connectivity index (χ3n) is 3.92. The summed E-state index contributed by atoms with van der Waals surface area (Å²) in [5.74, 6) is -2.25. The van der Waals surface area contributed by atoms with E-state index >= 15 is 0 Å². The largest absolute Gasteiger partial charge is 0.366 e. The quantitative estimate of drug-likeness (QED) is 0.913. The zero-order valence-corrected chi connectivity index (χ0v) is 11.6. The van der Waals surface area contributed by atoms with E-state index in [1.807, 2.05) is 19.1 Å². The summed E-state index contributed by atoms with van der Waals surface area (Å²) in [7, 11) is 0. The molecule has 0 bridgehead atoms. The summed E-state index contributed by atoms with van der Waals surface area (Å²) in [4.78, 5) is 11.3. The second kappa shape index (κ2) is 4.95. The first-order chi connectivity index (χ1) is 10.0. The number of carbonyl (C=O) groups is 1. The molecule has 0 saturated heterocycles. The van der Waals surface area contributed by atoms with Crippen LogP contribution in [0.25, 0.3) is 11.1 Å². The second-order valence-corrected chi connectivity index (χ2v) is 5.46. The van der Waals surface area contributed by atoms with Gasteiger partial charge in [0.1, 0.15) is 11.6 Å². The van der Waals surface area contributed by atoms with Crippen molar-refractivity contribution in [1.29, 1.82) is 0 Å². The molecule has 3 rings (SSSR count). The molecule has 108 valence electrons. The van der Waals surface area contributed by atoms with Gasteiger partial charge in [0.2, 0.25) is 0 Å². The Kier molecular flexibility index (Phi) is 3.24. The van der Waals surface area contributed by atoms with Gasteiger partial charge in [-0.2, -0.15) is 0 Å². The highest BCUT2D eigenvalue weighted by Crippen LogP contribution is 2.47. The average molecular weight is 287 g/mol. The van der Waals surface area contributed by atoms with Crippen LogP contribution < -0.4 is 5.73 Å². The molecule has 0 aliphatic heterocycles. The van der Waals surface area contributed by atoms with E-state index in [-0.39, 0.29) is 22.6 Å². The van der Waals surface area contributed by atoms with E-state index < -0.39 is 17.5 Å². The van der Waals surface area contributed by atoms with E-state index in [1.165, 1.54) is 0 Å². The van der Waals surface area contributed by atoms with Crippen LogP contribution in [-0.4, -0.2) is 5.91 Å². The molecular formula is C17H15F2NO. The fraction of sp³-hybridized carbons (Fsp3) is 0.235. The minimum atomic E-state index is -0.940. The van der Waals surface area contributed by atoms with E-state index in [0.717, 1.165) is 24.5 Å². The van der Waals surface area contributed by atoms with Crippen LogP contribution in [0.15, 0.2) is 30.3 Å². The van der Waals surface area contributed by atoms with Crippen molar-refractivity contribution >= 4 is 5.91 Å². The van der Waals surface area contributed by atoms with Crippen molar-refractivity contribution in [2.45, 2.75) is 25.7 Å². The fourth-order valence-electron chi connectivity index (χ4n) is 2.71. The average Bonchev–Trinajstić information content (AvgIpc) is 3.25. The topological polar surface area (TPSA) is 43.1 Å². The normalized spacial score (nSPS) is 14.2. The highest BCUT2D eigenvalue weighted by Gasteiger charge is 2.33. The number of amides is 1. The first-order valence-electron chi connectivity index (χ1n) is 6.88. The monoisotopic (exact) mass is 287 g/mol. The van der Waals surface area contributed by atoms with Crippen LogP contribution in [0, 0.1) is 18.6 Å². The molecule has 1 aliphatic carbocycles. The van der Waals surface area contributed by atoms with E-state index in [9.17, 15) is 13.6 Å². The van der Waals surface area contributed by atoms with Crippen molar-refractivity contribution in [3.63, 3.8) is 0 Å². The molecule has 0 radical (unpaired) electrons. The summed E-state index contributed by atoms with van der Waals surface area (Å²) in [5, 5.41) is 0. The van der Waals surface area contributed by atoms with E-state index in [1.54, 1.807) is 12.1 Å². The van der Waals surface area contributed by atoms with E-state index in [2.05, 4.69) is 0 Å². The third kappa shape index (κ3) is 2.31. The molecule has 2 N–H and O–H groups in total. The molecule has 2 aromatic carbocycles. The fourth-order valence-corrected chi connectivity index (χ4v) is 2.71. The second-order valence-electron chi connectivity index (χ2n) is 5.46. The van der Waals surface area contributed by atoms with Crippen molar-refractivity contribution in [2.24, 2.45) is 5.73 Å². The summed E-state index contributed by atoms with van der Waals surface area (Å²) in [6.45, 7) is 1.85. The lowest BCUT2D eigenvalue weighted by atomic mass is 9.91. The van der Waals surface area contributed by atoms with Gasteiger partial charge >= 0.3 is 0 Å². The Labute approximate surface area is 121 Å². The number of aryl methyl sites for hydroxylation is 1. The van der Waals surface area contributed by atoms with Gasteiger partial charge in [-0.25, -0.2) is 8.78 Å². The van der Waals surface area contributed by atoms with Crippen molar-refractivity contribution in [2.75, 3.05) is 0 Å². The number of carbonyl (C=O) groups excluding carboxylic acids is 1. The van der Waals surface area contributed by atoms with Crippen LogP contribution in [0.3, 0.4) is 0 Å². The van der Waals surface area contributed by atoms with Crippen molar-refractivity contribution in [1.82, 2.24) is 0 Å². The number of halogens is 2. The molecule has 0 heterocycles. The lowest BCUT2D eigenvalue weighted by Gasteiger charge is -2.15. The lowest BCUT2D eigenvalue weighted by molar-refractivity contribution is 0.0996. The molecule has 0 atom stereocenters. The Hall–Kier alpha value is -2.23. The maximum atomic E-state index is 14.6. The molecule has 1 aliphatic rings. The molecular weight excluding hydrogens is 272 g/mol. The number of hydrogen-bond donors (Lipinski definition) is 1. The van der Waals surface area contributed by atoms with Gasteiger partial charge in [-0.3, -0.25) is 4.79 Å². The van der Waals surface area contributed by atoms with E-state index in [4.69, 9.17) is 5.73 Å². The molecule has 2 aromatic rings. The first-order valence-corrected chi connectivity index (χ1v) is 6.88. The van der Waals surface area contributed by atoms with Gasteiger partial charge in [0.25, 0.3) is 5.91 Å². The molecule has 21 heavy (non-hydrogen) atoms. The van der Waals surface area contributed by atoms with Gasteiger partial charge in [0.05, 0.1) is 5.56 Å². The highest BCUT2D eigenvalue weighted by atomic mass is 19.1. The smallest absolute Gasteiger partial charge is 0.251 e. The number of rotatable bonds is 3. The van der Waals surface area contributed by atoms with Crippen molar-refractivity contribution in [3.8, 4) is 11.1 Å². The maximum Gasteiger partial charge on any atom is 0.251 e. The minimum Gasteiger partial charge on any atom is -0.366 e. The van der Waals surface area contributed by atoms with Crippen LogP contribution in [0.5, 0.6) is 0 Å². The first kappa shape index (κ1) is 13.7. The predicted octanol–water partition coefficient (Wildman–Crippen LogP) is 3.92. The molecule has 2 nitrogen and oxygen atoms in total. The Morgan fingerprint density at radius 1 is 1.24 bits per heavy atom. The Morgan fingerprint density at radius 3 is 2.48 bits per heavy atom. The lowest BCUT2D eigenvalue weighted by Crippen LogP contribution is -2.16. The zero-order valence-electron chi connectivity index (χ0n) is 11.6. The third-order valence-corrected chi connectivity index (χ3v) is 3.92. The standard InChI is InChI=1S/C17H15F2NO/c1-9-4-2-3-5-11(9)15-13(18)8-12(17(20)21)16(19)14(15)10-6-7-10/h2-5,8,10H,6-7H2,1H3,(H2,20,21). The number of nitrogens with two attached hydrogens (primary N) is 1. The van der Waals surface area contributed by atoms with Crippen molar-refractivity contribution < 1.29 is 13.6 Å². The molecule has 0 spiro atoms. The summed E-state index contributed by atoms with van der Waals surface area (Å²) < 4.78 is 29.1. The van der Waals surface area contributed by atoms with Crippen LogP contribution >= 0.6 is 0 Å². The summed E-state index contributed by atoms with van der Waals surface area (Å²) in [5.41, 5.74) is 6.85. The van der Waals surface area contributed by atoms with Gasteiger partial charge in [0, 0.05) is 11.1 Å². The van der Waals surface area contributed by atoms with Gasteiger partial charge in [-0.05, 0) is 42.9 Å². The summed E-state index contributed by atoms with van der Waals surface area (Å²) in [6, 6.07) is 8.17. The van der Waals surface area contributed by atoms with Crippen LogP contribution in [0.4, 0.5) is 8.78 Å². The van der Waals surface area contributed by atoms with E-state index in [0.29, 0.717) is 5.56 Å². The molecule has 1 fully saturated rings. The molecule has 4 heteroatoms. The minimum absolute atomic E-state index is 0.0339. The van der Waals surface area contributed by atoms with Crippen LogP contribution in [-0.2, 0) is 0 Å². The Balaban J connectivity index is 2.33. The van der Waals surface area contributed by atoms with Crippen LogP contribution in [0.2, 0.25) is 0 Å². The summed E-state index contributed by atoms with van der Waals surface area (Å²) >= 11 is 0. The number of primary amides is 1. The number of benzene rings is 2. The van der Waals surface area contributed by atoms with Gasteiger partial charge in [-0.15, -0.1) is 0 Å². The van der Waals surface area contributed by atoms with Crippen molar-refractivity contribution in [3.05, 3.63) is 58.7 Å². The Morgan fingerprint density at radius 2 is 1.90 bits per heavy atom. The zero-order chi connectivity index (χ0) is 15.1. The molecule has 1 saturated carbocycles. The molecule has 0 unspecified atom stereocenters. The predicted molar refractivity (Wildman–Crippen MR) is 77.0 cm³/mol. The maximum absolute atomic E-state index is 14.6. The number of hydrogen-bond acceptors (Lipinski definition) is 1. The molecule has 1 amide bonds. The van der Waals surface area contributed by atoms with Gasteiger partial charge < -0.3 is 5.73 Å².